The van der Waals surface area contributed by atoms with Crippen LogP contribution in [0.25, 0.3) is 0 Å². The molecular weight excluding hydrogens is 895 g/mol. The monoisotopic (exact) mass is 1010 g/mol. The molecule has 0 saturated carbocycles. The van der Waals surface area contributed by atoms with Crippen molar-refractivity contribution in [1.29, 1.82) is 0 Å². The third-order valence-corrected chi connectivity index (χ3v) is 17.9. The number of unbranched alkanes of at least 4 members (excludes halogenated alkanes) is 20. The molecule has 0 aromatic heterocycles. The average molecular weight is 1010 g/mol. The number of hydrogen-bond donors (Lipinski definition) is 3. The first-order valence-electron chi connectivity index (χ1n) is 31.6. The molecular formula is C63H119N3O6. The summed E-state index contributed by atoms with van der Waals surface area (Å²) in [4.78, 5) is 39.4. The zero-order valence-corrected chi connectivity index (χ0v) is 48.7. The molecule has 3 heterocycles. The molecule has 4 atom stereocenters. The lowest BCUT2D eigenvalue weighted by molar-refractivity contribution is -0.169. The molecule has 3 aliphatic rings. The van der Waals surface area contributed by atoms with E-state index in [4.69, 9.17) is 14.2 Å². The van der Waals surface area contributed by atoms with Crippen molar-refractivity contribution < 1.29 is 28.6 Å². The minimum Gasteiger partial charge on any atom is -0.459 e. The molecule has 0 aromatic rings. The van der Waals surface area contributed by atoms with Gasteiger partial charge in [0, 0.05) is 37.0 Å². The van der Waals surface area contributed by atoms with Gasteiger partial charge in [0.2, 0.25) is 0 Å². The normalized spacial score (nSPS) is 19.0. The zero-order chi connectivity index (χ0) is 52.2. The summed E-state index contributed by atoms with van der Waals surface area (Å²) in [6, 6.07) is 0. The van der Waals surface area contributed by atoms with Crippen molar-refractivity contribution in [2.45, 2.75) is 316 Å². The maximum absolute atomic E-state index is 13.6. The van der Waals surface area contributed by atoms with E-state index in [0.29, 0.717) is 48.9 Å². The van der Waals surface area contributed by atoms with E-state index in [0.717, 1.165) is 136 Å². The van der Waals surface area contributed by atoms with Crippen LogP contribution in [0.5, 0.6) is 0 Å². The highest BCUT2D eigenvalue weighted by Gasteiger charge is 2.41. The number of esters is 3. The molecule has 0 bridgehead atoms. The van der Waals surface area contributed by atoms with Gasteiger partial charge >= 0.3 is 17.9 Å². The molecule has 9 nitrogen and oxygen atoms in total. The second-order valence-corrected chi connectivity index (χ2v) is 24.7. The van der Waals surface area contributed by atoms with Gasteiger partial charge in [-0.25, -0.2) is 0 Å². The lowest BCUT2D eigenvalue weighted by Crippen LogP contribution is -2.46. The van der Waals surface area contributed by atoms with Crippen molar-refractivity contribution in [3.8, 4) is 0 Å². The molecule has 0 amide bonds. The Morgan fingerprint density at radius 1 is 0.389 bits per heavy atom. The average Bonchev–Trinajstić information content (AvgIpc) is 3.37. The van der Waals surface area contributed by atoms with Crippen LogP contribution >= 0.6 is 0 Å². The lowest BCUT2D eigenvalue weighted by atomic mass is 9.74. The van der Waals surface area contributed by atoms with Crippen LogP contribution in [-0.4, -0.2) is 74.0 Å². The van der Waals surface area contributed by atoms with Crippen LogP contribution in [0.2, 0.25) is 0 Å². The highest BCUT2D eigenvalue weighted by atomic mass is 16.6. The molecule has 4 unspecified atom stereocenters. The SMILES string of the molecule is CCCCCCCCCCCC(=O)OC(C)(CC(CC)CCCCCCCCCC(=O)OC(C)(CC(CCC)CCCCCCCCCC(=O)OC(C)(C)C1CCNCC1)C1CCNCC1)C1CCNCC1. The van der Waals surface area contributed by atoms with Gasteiger partial charge in [0.25, 0.3) is 0 Å². The van der Waals surface area contributed by atoms with Crippen molar-refractivity contribution in [2.24, 2.45) is 29.6 Å². The van der Waals surface area contributed by atoms with Crippen LogP contribution in [0, 0.1) is 29.6 Å². The third-order valence-electron chi connectivity index (χ3n) is 17.9. The molecule has 3 N–H and O–H groups in total. The lowest BCUT2D eigenvalue weighted by Gasteiger charge is -2.41. The molecule has 0 radical (unpaired) electrons. The number of carbonyl (C=O) groups excluding carboxylic acids is 3. The Kier molecular flexibility index (Phi) is 34.8. The van der Waals surface area contributed by atoms with Gasteiger partial charge in [-0.15, -0.1) is 0 Å². The van der Waals surface area contributed by atoms with Crippen molar-refractivity contribution in [1.82, 2.24) is 16.0 Å². The van der Waals surface area contributed by atoms with Crippen LogP contribution in [-0.2, 0) is 28.6 Å². The van der Waals surface area contributed by atoms with Gasteiger partial charge in [0.05, 0.1) is 0 Å². The molecule has 422 valence electrons. The number of nitrogens with one attached hydrogen (secondary N) is 3. The highest BCUT2D eigenvalue weighted by Crippen LogP contribution is 2.40. The third kappa shape index (κ3) is 27.9. The Bertz CT molecular complexity index is 1370. The fraction of sp³-hybridized carbons (Fsp3) is 0.952. The van der Waals surface area contributed by atoms with E-state index in [1.807, 2.05) is 0 Å². The first-order valence-corrected chi connectivity index (χ1v) is 31.6. The van der Waals surface area contributed by atoms with Crippen LogP contribution in [0.4, 0.5) is 0 Å². The first kappa shape index (κ1) is 64.6. The van der Waals surface area contributed by atoms with Crippen molar-refractivity contribution in [2.75, 3.05) is 39.3 Å². The van der Waals surface area contributed by atoms with Crippen molar-refractivity contribution in [3.63, 3.8) is 0 Å². The molecule has 0 spiro atoms. The zero-order valence-electron chi connectivity index (χ0n) is 48.7. The van der Waals surface area contributed by atoms with Gasteiger partial charge in [-0.1, -0.05) is 181 Å². The van der Waals surface area contributed by atoms with E-state index in [2.05, 4.69) is 64.4 Å². The van der Waals surface area contributed by atoms with Crippen LogP contribution < -0.4 is 16.0 Å². The molecule has 3 rings (SSSR count). The largest absolute Gasteiger partial charge is 0.459 e. The number of rotatable bonds is 43. The van der Waals surface area contributed by atoms with E-state index < -0.39 is 5.60 Å². The minimum absolute atomic E-state index is 0.0151. The number of carbonyl (C=O) groups is 3. The van der Waals surface area contributed by atoms with Gasteiger partial charge in [-0.05, 0) is 149 Å². The molecule has 3 saturated heterocycles. The fourth-order valence-corrected chi connectivity index (χ4v) is 13.1. The Labute approximate surface area is 445 Å². The summed E-state index contributed by atoms with van der Waals surface area (Å²) in [5.41, 5.74) is -1.12. The van der Waals surface area contributed by atoms with Crippen molar-refractivity contribution in [3.05, 3.63) is 0 Å². The fourth-order valence-electron chi connectivity index (χ4n) is 13.1. The van der Waals surface area contributed by atoms with Crippen LogP contribution in [0.3, 0.4) is 0 Å². The van der Waals surface area contributed by atoms with Gasteiger partial charge in [0.1, 0.15) is 16.8 Å². The topological polar surface area (TPSA) is 115 Å². The van der Waals surface area contributed by atoms with Gasteiger partial charge in [0.15, 0.2) is 0 Å². The molecule has 9 heteroatoms. The summed E-state index contributed by atoms with van der Waals surface area (Å²) in [7, 11) is 0. The standard InChI is InChI=1S/C63H119N3O6/c1-8-11-12-13-14-15-20-26-31-37-59(68)71-62(6,56-41-47-65-48-42-56)51-53(10-3)34-28-23-18-16-22-27-32-38-60(69)72-63(7,57-43-49-66-50-44-57)52-54(33-9-2)35-29-24-19-17-21-25-30-36-58(67)70-61(4,5)55-39-45-64-46-40-55/h53-57,64-66H,8-52H2,1-7H3. The summed E-state index contributed by atoms with van der Waals surface area (Å²) in [6.07, 6.45) is 43.8. The van der Waals surface area contributed by atoms with Crippen LogP contribution in [0.15, 0.2) is 0 Å². The Morgan fingerprint density at radius 3 is 1.08 bits per heavy atom. The summed E-state index contributed by atoms with van der Waals surface area (Å²) >= 11 is 0. The van der Waals surface area contributed by atoms with Crippen LogP contribution in [0.1, 0.15) is 299 Å². The maximum Gasteiger partial charge on any atom is 0.306 e. The Balaban J connectivity index is 1.30. The van der Waals surface area contributed by atoms with E-state index in [1.54, 1.807) is 0 Å². The predicted octanol–water partition coefficient (Wildman–Crippen LogP) is 16.1. The second kappa shape index (κ2) is 38.8. The first-order chi connectivity index (χ1) is 34.8. The van der Waals surface area contributed by atoms with Crippen molar-refractivity contribution >= 4 is 17.9 Å². The van der Waals surface area contributed by atoms with E-state index >= 15 is 0 Å². The van der Waals surface area contributed by atoms with Gasteiger partial charge < -0.3 is 30.2 Å². The molecule has 0 aliphatic carbocycles. The highest BCUT2D eigenvalue weighted by molar-refractivity contribution is 5.70. The quantitative estimate of drug-likeness (QED) is 0.0312. The molecule has 3 aliphatic heterocycles. The predicted molar refractivity (Wildman–Crippen MR) is 302 cm³/mol. The number of hydrogen-bond acceptors (Lipinski definition) is 9. The second-order valence-electron chi connectivity index (χ2n) is 24.7. The number of piperidine rings is 3. The molecule has 3 fully saturated rings. The smallest absolute Gasteiger partial charge is 0.306 e. The molecule has 72 heavy (non-hydrogen) atoms. The summed E-state index contributed by atoms with van der Waals surface area (Å²) < 4.78 is 19.1. The van der Waals surface area contributed by atoms with Gasteiger partial charge in [-0.3, -0.25) is 14.4 Å². The number of ether oxygens (including phenoxy) is 3. The minimum atomic E-state index is -0.390. The van der Waals surface area contributed by atoms with E-state index in [-0.39, 0.29) is 29.1 Å². The van der Waals surface area contributed by atoms with Gasteiger partial charge in [-0.2, -0.15) is 0 Å². The molecule has 0 aromatic carbocycles. The van der Waals surface area contributed by atoms with E-state index in [1.165, 1.54) is 135 Å². The summed E-state index contributed by atoms with van der Waals surface area (Å²) in [5, 5.41) is 10.5. The Hall–Kier alpha value is -1.71. The maximum atomic E-state index is 13.6. The summed E-state index contributed by atoms with van der Waals surface area (Å²) in [6.45, 7) is 21.7. The van der Waals surface area contributed by atoms with E-state index in [9.17, 15) is 14.4 Å². The summed E-state index contributed by atoms with van der Waals surface area (Å²) in [5.74, 6) is 2.50. The Morgan fingerprint density at radius 2 is 0.708 bits per heavy atom.